The van der Waals surface area contributed by atoms with Crippen molar-refractivity contribution in [3.8, 4) is 0 Å². The Morgan fingerprint density at radius 1 is 1.07 bits per heavy atom. The molecule has 1 aliphatic heterocycles. The summed E-state index contributed by atoms with van der Waals surface area (Å²) in [5.41, 5.74) is 9.80. The summed E-state index contributed by atoms with van der Waals surface area (Å²) >= 11 is 0. The van der Waals surface area contributed by atoms with E-state index < -0.39 is 0 Å². The molecule has 2 N–H and O–H groups in total. The first kappa shape index (κ1) is 17.5. The Morgan fingerprint density at radius 2 is 1.70 bits per heavy atom. The van der Waals surface area contributed by atoms with E-state index in [1.807, 2.05) is 12.1 Å². The van der Waals surface area contributed by atoms with Crippen molar-refractivity contribution >= 4 is 5.91 Å². The lowest BCUT2D eigenvalue weighted by molar-refractivity contribution is -0.118. The van der Waals surface area contributed by atoms with Crippen LogP contribution in [0.2, 0.25) is 0 Å². The van der Waals surface area contributed by atoms with Crippen molar-refractivity contribution in [2.45, 2.75) is 25.3 Å². The summed E-state index contributed by atoms with van der Waals surface area (Å²) in [5, 5.41) is 4.49. The van der Waals surface area contributed by atoms with Gasteiger partial charge in [0.25, 0.3) is 0 Å². The van der Waals surface area contributed by atoms with Gasteiger partial charge in [-0.1, -0.05) is 65.8 Å². The molecule has 0 saturated carbocycles. The fraction of sp³-hybridized carbons (Fsp3) is 0.273. The van der Waals surface area contributed by atoms with Gasteiger partial charge in [0.1, 0.15) is 11.5 Å². The van der Waals surface area contributed by atoms with Gasteiger partial charge in [-0.2, -0.15) is 0 Å². The first-order chi connectivity index (χ1) is 13.2. The average molecular weight is 361 g/mol. The van der Waals surface area contributed by atoms with E-state index in [4.69, 9.17) is 10.3 Å². The zero-order valence-electron chi connectivity index (χ0n) is 15.2. The summed E-state index contributed by atoms with van der Waals surface area (Å²) in [6.45, 7) is 2.26. The van der Waals surface area contributed by atoms with E-state index in [9.17, 15) is 4.79 Å². The third-order valence-electron chi connectivity index (χ3n) is 5.15. The molecule has 2 aromatic carbocycles. The first-order valence-corrected chi connectivity index (χ1v) is 9.30. The number of carbonyl (C=O) groups excluding carboxylic acids is 1. The summed E-state index contributed by atoms with van der Waals surface area (Å²) in [4.78, 5) is 13.4. The largest absolute Gasteiger partial charge is 0.370 e. The molecule has 0 spiro atoms. The SMILES string of the molecule is NC(=O)CCN1CCc2onc(C(c3ccccc3)c3ccccc3)c2C1. The number of hydrogen-bond acceptors (Lipinski definition) is 4. The van der Waals surface area contributed by atoms with Crippen LogP contribution in [0.5, 0.6) is 0 Å². The maximum absolute atomic E-state index is 11.1. The minimum atomic E-state index is -0.266. The zero-order chi connectivity index (χ0) is 18.6. The summed E-state index contributed by atoms with van der Waals surface area (Å²) < 4.78 is 5.72. The van der Waals surface area contributed by atoms with Gasteiger partial charge >= 0.3 is 0 Å². The maximum atomic E-state index is 11.1. The zero-order valence-corrected chi connectivity index (χ0v) is 15.2. The fourth-order valence-corrected chi connectivity index (χ4v) is 3.77. The molecule has 0 unspecified atom stereocenters. The van der Waals surface area contributed by atoms with E-state index in [2.05, 4.69) is 58.6 Å². The lowest BCUT2D eigenvalue weighted by Gasteiger charge is -2.26. The predicted octanol–water partition coefficient (Wildman–Crippen LogP) is 3.09. The van der Waals surface area contributed by atoms with Gasteiger partial charge in [-0.3, -0.25) is 9.69 Å². The number of benzene rings is 2. The molecule has 0 radical (unpaired) electrons. The van der Waals surface area contributed by atoms with Crippen LogP contribution in [-0.2, 0) is 17.8 Å². The number of hydrogen-bond donors (Lipinski definition) is 1. The van der Waals surface area contributed by atoms with Crippen LogP contribution in [0.1, 0.15) is 40.5 Å². The minimum Gasteiger partial charge on any atom is -0.370 e. The maximum Gasteiger partial charge on any atom is 0.218 e. The van der Waals surface area contributed by atoms with Crippen LogP contribution in [0.25, 0.3) is 0 Å². The highest BCUT2D eigenvalue weighted by atomic mass is 16.5. The third-order valence-corrected chi connectivity index (χ3v) is 5.15. The Labute approximate surface area is 158 Å². The van der Waals surface area contributed by atoms with Gasteiger partial charge in [-0.15, -0.1) is 0 Å². The Kier molecular flexibility index (Phi) is 5.03. The van der Waals surface area contributed by atoms with E-state index in [1.165, 1.54) is 11.1 Å². The summed E-state index contributed by atoms with van der Waals surface area (Å²) in [5.74, 6) is 0.714. The van der Waals surface area contributed by atoms with E-state index in [-0.39, 0.29) is 11.8 Å². The highest BCUT2D eigenvalue weighted by Gasteiger charge is 2.30. The molecule has 27 heavy (non-hydrogen) atoms. The monoisotopic (exact) mass is 361 g/mol. The normalized spacial score (nSPS) is 14.3. The number of nitrogens with two attached hydrogens (primary N) is 1. The Morgan fingerprint density at radius 3 is 2.30 bits per heavy atom. The van der Waals surface area contributed by atoms with Gasteiger partial charge in [0.15, 0.2) is 0 Å². The van der Waals surface area contributed by atoms with Crippen LogP contribution in [0, 0.1) is 0 Å². The molecular formula is C22H23N3O2. The average Bonchev–Trinajstić information content (AvgIpc) is 3.11. The smallest absolute Gasteiger partial charge is 0.218 e. The van der Waals surface area contributed by atoms with Crippen LogP contribution < -0.4 is 5.73 Å². The van der Waals surface area contributed by atoms with Crippen molar-refractivity contribution in [1.29, 1.82) is 0 Å². The molecule has 1 aromatic heterocycles. The number of fused-ring (bicyclic) bond motifs is 1. The molecule has 0 bridgehead atoms. The molecule has 1 amide bonds. The molecule has 138 valence electrons. The molecule has 3 aromatic rings. The Hall–Kier alpha value is -2.92. The lowest BCUT2D eigenvalue weighted by Crippen LogP contribution is -2.33. The van der Waals surface area contributed by atoms with Crippen LogP contribution in [0.3, 0.4) is 0 Å². The molecule has 0 fully saturated rings. The van der Waals surface area contributed by atoms with Gasteiger partial charge in [0.05, 0.1) is 5.92 Å². The molecule has 0 atom stereocenters. The quantitative estimate of drug-likeness (QED) is 0.732. The second kappa shape index (κ2) is 7.76. The van der Waals surface area contributed by atoms with Gasteiger partial charge in [-0.05, 0) is 11.1 Å². The van der Waals surface area contributed by atoms with Crippen molar-refractivity contribution in [1.82, 2.24) is 10.1 Å². The molecule has 2 heterocycles. The summed E-state index contributed by atoms with van der Waals surface area (Å²) in [6, 6.07) is 20.8. The number of aromatic nitrogens is 1. The standard InChI is InChI=1S/C22H23N3O2/c23-20(26)12-14-25-13-11-19-18(15-25)22(24-27-19)21(16-7-3-1-4-8-16)17-9-5-2-6-10-17/h1-10,21H,11-15H2,(H2,23,26). The van der Waals surface area contributed by atoms with Crippen LogP contribution in [0.4, 0.5) is 0 Å². The van der Waals surface area contributed by atoms with Crippen molar-refractivity contribution in [2.24, 2.45) is 5.73 Å². The van der Waals surface area contributed by atoms with E-state index in [0.29, 0.717) is 13.0 Å². The van der Waals surface area contributed by atoms with E-state index >= 15 is 0 Å². The van der Waals surface area contributed by atoms with Gasteiger partial charge < -0.3 is 10.3 Å². The highest BCUT2D eigenvalue weighted by molar-refractivity contribution is 5.73. The fourth-order valence-electron chi connectivity index (χ4n) is 3.77. The van der Waals surface area contributed by atoms with Gasteiger partial charge in [0.2, 0.25) is 5.91 Å². The van der Waals surface area contributed by atoms with E-state index in [0.717, 1.165) is 36.5 Å². The second-order valence-electron chi connectivity index (χ2n) is 6.97. The molecule has 0 saturated heterocycles. The van der Waals surface area contributed by atoms with Crippen LogP contribution in [-0.4, -0.2) is 29.1 Å². The van der Waals surface area contributed by atoms with Crippen molar-refractivity contribution in [3.05, 3.63) is 88.8 Å². The number of nitrogens with zero attached hydrogens (tertiary/aromatic N) is 2. The summed E-state index contributed by atoms with van der Waals surface area (Å²) in [6.07, 6.45) is 1.17. The first-order valence-electron chi connectivity index (χ1n) is 9.30. The lowest BCUT2D eigenvalue weighted by atomic mass is 9.85. The predicted molar refractivity (Wildman–Crippen MR) is 103 cm³/mol. The number of primary amides is 1. The Balaban J connectivity index is 1.71. The van der Waals surface area contributed by atoms with Crippen molar-refractivity contribution in [2.75, 3.05) is 13.1 Å². The topological polar surface area (TPSA) is 72.4 Å². The van der Waals surface area contributed by atoms with Gasteiger partial charge in [0, 0.05) is 38.0 Å². The molecule has 5 nitrogen and oxygen atoms in total. The van der Waals surface area contributed by atoms with Crippen LogP contribution >= 0.6 is 0 Å². The third kappa shape index (κ3) is 3.78. The second-order valence-corrected chi connectivity index (χ2v) is 6.97. The molecular weight excluding hydrogens is 338 g/mol. The molecule has 5 heteroatoms. The highest BCUT2D eigenvalue weighted by Crippen LogP contribution is 2.36. The van der Waals surface area contributed by atoms with Gasteiger partial charge in [-0.25, -0.2) is 0 Å². The number of amides is 1. The Bertz CT molecular complexity index is 866. The molecule has 4 rings (SSSR count). The van der Waals surface area contributed by atoms with Crippen molar-refractivity contribution < 1.29 is 9.32 Å². The van der Waals surface area contributed by atoms with Crippen LogP contribution in [0.15, 0.2) is 65.2 Å². The molecule has 1 aliphatic rings. The summed E-state index contributed by atoms with van der Waals surface area (Å²) in [7, 11) is 0. The van der Waals surface area contributed by atoms with E-state index in [1.54, 1.807) is 0 Å². The molecule has 0 aliphatic carbocycles. The van der Waals surface area contributed by atoms with Crippen molar-refractivity contribution in [3.63, 3.8) is 0 Å². The minimum absolute atomic E-state index is 0.0241. The number of carbonyl (C=O) groups is 1. The number of rotatable bonds is 6.